The lowest BCUT2D eigenvalue weighted by Gasteiger charge is -2.10. The summed E-state index contributed by atoms with van der Waals surface area (Å²) >= 11 is 17.6. The van der Waals surface area contributed by atoms with Gasteiger partial charge in [-0.25, -0.2) is 8.42 Å². The Morgan fingerprint density at radius 2 is 1.55 bits per heavy atom. The molecule has 0 unspecified atom stereocenters. The van der Waals surface area contributed by atoms with Crippen molar-refractivity contribution in [1.82, 2.24) is 0 Å². The van der Waals surface area contributed by atoms with Gasteiger partial charge in [-0.3, -0.25) is 4.72 Å². The van der Waals surface area contributed by atoms with Gasteiger partial charge in [0, 0.05) is 15.1 Å². The molecular weight excluding hydrogens is 341 g/mol. The van der Waals surface area contributed by atoms with Gasteiger partial charge in [-0.1, -0.05) is 53.0 Å². The second kappa shape index (κ2) is 6.22. The molecule has 0 aliphatic rings. The Balaban J connectivity index is 2.21. The van der Waals surface area contributed by atoms with E-state index in [2.05, 4.69) is 4.72 Å². The van der Waals surface area contributed by atoms with Crippen LogP contribution in [-0.4, -0.2) is 8.42 Å². The third-order valence-electron chi connectivity index (χ3n) is 2.44. The van der Waals surface area contributed by atoms with Crippen LogP contribution in [0.3, 0.4) is 0 Å². The highest BCUT2D eigenvalue weighted by Gasteiger charge is 2.14. The fourth-order valence-electron chi connectivity index (χ4n) is 1.65. The van der Waals surface area contributed by atoms with E-state index in [0.29, 0.717) is 26.3 Å². The molecule has 0 amide bonds. The Morgan fingerprint density at radius 3 is 2.15 bits per heavy atom. The summed E-state index contributed by atoms with van der Waals surface area (Å²) in [5.74, 6) is -0.225. The molecule has 0 aliphatic heterocycles. The maximum absolute atomic E-state index is 12.1. The van der Waals surface area contributed by atoms with Crippen molar-refractivity contribution >= 4 is 50.5 Å². The molecule has 0 bridgehead atoms. The SMILES string of the molecule is O=S(=O)(Cc1ccccc1Cl)Nc1cc(Cl)cc(Cl)c1. The second-order valence-electron chi connectivity index (χ2n) is 4.11. The molecule has 0 saturated carbocycles. The number of halogens is 3. The highest BCUT2D eigenvalue weighted by molar-refractivity contribution is 7.91. The standard InChI is InChI=1S/C13H10Cl3NO2S/c14-10-5-11(15)7-12(6-10)17-20(18,19)8-9-3-1-2-4-13(9)16/h1-7,17H,8H2. The molecule has 0 radical (unpaired) electrons. The van der Waals surface area contributed by atoms with Gasteiger partial charge >= 0.3 is 0 Å². The van der Waals surface area contributed by atoms with Crippen LogP contribution in [0.15, 0.2) is 42.5 Å². The first kappa shape index (κ1) is 15.4. The molecule has 2 rings (SSSR count). The molecule has 0 atom stereocenters. The van der Waals surface area contributed by atoms with Crippen LogP contribution in [0.4, 0.5) is 5.69 Å². The average Bonchev–Trinajstić information content (AvgIpc) is 2.29. The Kier molecular flexibility index (Phi) is 4.81. The van der Waals surface area contributed by atoms with Gasteiger partial charge in [0.05, 0.1) is 11.4 Å². The Hall–Kier alpha value is -0.940. The molecular formula is C13H10Cl3NO2S. The first-order valence-corrected chi connectivity index (χ1v) is 8.34. The van der Waals surface area contributed by atoms with Crippen molar-refractivity contribution in [2.45, 2.75) is 5.75 Å². The lowest BCUT2D eigenvalue weighted by molar-refractivity contribution is 0.600. The largest absolute Gasteiger partial charge is 0.283 e. The predicted molar refractivity (Wildman–Crippen MR) is 84.2 cm³/mol. The molecule has 20 heavy (non-hydrogen) atoms. The van der Waals surface area contributed by atoms with Crippen molar-refractivity contribution in [2.24, 2.45) is 0 Å². The fourth-order valence-corrected chi connectivity index (χ4v) is 3.67. The monoisotopic (exact) mass is 349 g/mol. The molecule has 2 aromatic rings. The summed E-state index contributed by atoms with van der Waals surface area (Å²) in [4.78, 5) is 0. The Morgan fingerprint density at radius 1 is 0.950 bits per heavy atom. The predicted octanol–water partition coefficient (Wildman–Crippen LogP) is 4.59. The van der Waals surface area contributed by atoms with E-state index in [9.17, 15) is 8.42 Å². The lowest BCUT2D eigenvalue weighted by atomic mass is 10.2. The van der Waals surface area contributed by atoms with Crippen molar-refractivity contribution in [2.75, 3.05) is 4.72 Å². The third-order valence-corrected chi connectivity index (χ3v) is 4.48. The maximum Gasteiger partial charge on any atom is 0.236 e. The van der Waals surface area contributed by atoms with Gasteiger partial charge in [-0.2, -0.15) is 0 Å². The molecule has 106 valence electrons. The first-order chi connectivity index (χ1) is 9.35. The topological polar surface area (TPSA) is 46.2 Å². The summed E-state index contributed by atoms with van der Waals surface area (Å²) in [7, 11) is -3.60. The Bertz CT molecular complexity index is 712. The van der Waals surface area contributed by atoms with Crippen LogP contribution in [0, 0.1) is 0 Å². The second-order valence-corrected chi connectivity index (χ2v) is 7.11. The highest BCUT2D eigenvalue weighted by Crippen LogP contribution is 2.24. The molecule has 1 N–H and O–H groups in total. The molecule has 0 aromatic heterocycles. The van der Waals surface area contributed by atoms with Crippen LogP contribution in [0.1, 0.15) is 5.56 Å². The summed E-state index contributed by atoms with van der Waals surface area (Å²) in [6.45, 7) is 0. The van der Waals surface area contributed by atoms with Crippen LogP contribution in [0.5, 0.6) is 0 Å². The van der Waals surface area contributed by atoms with E-state index in [-0.39, 0.29) is 5.75 Å². The minimum Gasteiger partial charge on any atom is -0.283 e. The van der Waals surface area contributed by atoms with Crippen LogP contribution in [-0.2, 0) is 15.8 Å². The number of rotatable bonds is 4. The molecule has 0 aliphatic carbocycles. The quantitative estimate of drug-likeness (QED) is 0.876. The van der Waals surface area contributed by atoms with Crippen LogP contribution >= 0.6 is 34.8 Å². The lowest BCUT2D eigenvalue weighted by Crippen LogP contribution is -2.15. The Labute approximate surface area is 132 Å². The van der Waals surface area contributed by atoms with Gasteiger partial charge in [-0.05, 0) is 29.8 Å². The van der Waals surface area contributed by atoms with E-state index in [4.69, 9.17) is 34.8 Å². The van der Waals surface area contributed by atoms with Gasteiger partial charge < -0.3 is 0 Å². The van der Waals surface area contributed by atoms with E-state index < -0.39 is 10.0 Å². The third kappa shape index (κ3) is 4.28. The molecule has 2 aromatic carbocycles. The number of sulfonamides is 1. The number of nitrogens with one attached hydrogen (secondary N) is 1. The highest BCUT2D eigenvalue weighted by atomic mass is 35.5. The zero-order chi connectivity index (χ0) is 14.8. The van der Waals surface area contributed by atoms with Crippen LogP contribution in [0.25, 0.3) is 0 Å². The summed E-state index contributed by atoms with van der Waals surface area (Å²) in [5, 5.41) is 1.11. The molecule has 3 nitrogen and oxygen atoms in total. The summed E-state index contributed by atoms with van der Waals surface area (Å²) < 4.78 is 26.6. The molecule has 0 saturated heterocycles. The van der Waals surface area contributed by atoms with Crippen molar-refractivity contribution in [1.29, 1.82) is 0 Å². The fraction of sp³-hybridized carbons (Fsp3) is 0.0769. The van der Waals surface area contributed by atoms with Crippen molar-refractivity contribution in [3.63, 3.8) is 0 Å². The van der Waals surface area contributed by atoms with Crippen molar-refractivity contribution in [3.8, 4) is 0 Å². The van der Waals surface area contributed by atoms with Gasteiger partial charge in [0.1, 0.15) is 0 Å². The molecule has 0 fully saturated rings. The van der Waals surface area contributed by atoms with E-state index in [1.54, 1.807) is 24.3 Å². The van der Waals surface area contributed by atoms with Gasteiger partial charge in [0.25, 0.3) is 0 Å². The molecule has 7 heteroatoms. The zero-order valence-corrected chi connectivity index (χ0v) is 13.2. The first-order valence-electron chi connectivity index (χ1n) is 5.56. The van der Waals surface area contributed by atoms with Crippen LogP contribution < -0.4 is 4.72 Å². The van der Waals surface area contributed by atoms with Crippen molar-refractivity contribution < 1.29 is 8.42 Å². The van der Waals surface area contributed by atoms with Gasteiger partial charge in [-0.15, -0.1) is 0 Å². The van der Waals surface area contributed by atoms with Crippen LogP contribution in [0.2, 0.25) is 15.1 Å². The number of benzene rings is 2. The molecule has 0 heterocycles. The number of hydrogen-bond acceptors (Lipinski definition) is 2. The minimum atomic E-state index is -3.60. The summed E-state index contributed by atoms with van der Waals surface area (Å²) in [6.07, 6.45) is 0. The van der Waals surface area contributed by atoms with E-state index in [0.717, 1.165) is 0 Å². The van der Waals surface area contributed by atoms with Gasteiger partial charge in [0.2, 0.25) is 10.0 Å². The average molecular weight is 351 g/mol. The van der Waals surface area contributed by atoms with Crippen molar-refractivity contribution in [3.05, 3.63) is 63.1 Å². The van der Waals surface area contributed by atoms with E-state index in [1.807, 2.05) is 0 Å². The summed E-state index contributed by atoms with van der Waals surface area (Å²) in [6, 6.07) is 11.3. The number of hydrogen-bond donors (Lipinski definition) is 1. The normalized spacial score (nSPS) is 11.3. The zero-order valence-electron chi connectivity index (χ0n) is 10.1. The van der Waals surface area contributed by atoms with E-state index in [1.165, 1.54) is 18.2 Å². The smallest absolute Gasteiger partial charge is 0.236 e. The number of anilines is 1. The minimum absolute atomic E-state index is 0.225. The molecule has 0 spiro atoms. The maximum atomic E-state index is 12.1. The van der Waals surface area contributed by atoms with E-state index >= 15 is 0 Å². The summed E-state index contributed by atoms with van der Waals surface area (Å²) in [5.41, 5.74) is 0.837. The van der Waals surface area contributed by atoms with Gasteiger partial charge in [0.15, 0.2) is 0 Å².